The zero-order valence-electron chi connectivity index (χ0n) is 6.03. The van der Waals surface area contributed by atoms with Crippen LogP contribution in [-0.4, -0.2) is 23.1 Å². The average molecular weight is 152 g/mol. The van der Waals surface area contributed by atoms with E-state index < -0.39 is 5.97 Å². The predicted octanol–water partition coefficient (Wildman–Crippen LogP) is 0.821. The first-order valence-corrected chi connectivity index (χ1v) is 3.11. The Bertz CT molecular complexity index is 273. The van der Waals surface area contributed by atoms with Crippen LogP contribution in [0.5, 0.6) is 0 Å². The summed E-state index contributed by atoms with van der Waals surface area (Å²) in [6.07, 6.45) is 1.45. The molecular weight excluding hydrogens is 144 g/mol. The van der Waals surface area contributed by atoms with Crippen molar-refractivity contribution < 1.29 is 9.90 Å². The minimum atomic E-state index is -0.941. The average Bonchev–Trinajstić information content (AvgIpc) is 2.05. The SMILES string of the molecule is CNc1cc(C(=O)O)ccn1. The molecule has 0 saturated heterocycles. The molecule has 0 fully saturated rings. The van der Waals surface area contributed by atoms with Crippen LogP contribution in [0.3, 0.4) is 0 Å². The predicted molar refractivity (Wildman–Crippen MR) is 40.7 cm³/mol. The molecule has 0 atom stereocenters. The van der Waals surface area contributed by atoms with Crippen molar-refractivity contribution in [2.24, 2.45) is 0 Å². The standard InChI is InChI=1S/C7H8N2O2/c1-8-6-4-5(7(10)11)2-3-9-6/h2-4H,1H3,(H,8,9)(H,10,11). The zero-order chi connectivity index (χ0) is 8.27. The third-order valence-corrected chi connectivity index (χ3v) is 1.26. The summed E-state index contributed by atoms with van der Waals surface area (Å²) in [4.78, 5) is 14.3. The van der Waals surface area contributed by atoms with E-state index in [-0.39, 0.29) is 5.56 Å². The topological polar surface area (TPSA) is 62.2 Å². The van der Waals surface area contributed by atoms with Crippen molar-refractivity contribution in [2.75, 3.05) is 12.4 Å². The van der Waals surface area contributed by atoms with Crippen LogP contribution in [0, 0.1) is 0 Å². The highest BCUT2D eigenvalue weighted by Crippen LogP contribution is 2.04. The van der Waals surface area contributed by atoms with Gasteiger partial charge in [-0.3, -0.25) is 0 Å². The number of rotatable bonds is 2. The number of hydrogen-bond acceptors (Lipinski definition) is 3. The van der Waals surface area contributed by atoms with E-state index in [1.807, 2.05) is 0 Å². The molecule has 0 amide bonds. The van der Waals surface area contributed by atoms with Crippen molar-refractivity contribution in [3.05, 3.63) is 23.9 Å². The largest absolute Gasteiger partial charge is 0.478 e. The molecule has 0 aliphatic heterocycles. The van der Waals surface area contributed by atoms with Crippen molar-refractivity contribution in [2.45, 2.75) is 0 Å². The Morgan fingerprint density at radius 3 is 3.00 bits per heavy atom. The molecule has 0 aliphatic carbocycles. The van der Waals surface area contributed by atoms with Gasteiger partial charge < -0.3 is 10.4 Å². The molecule has 2 N–H and O–H groups in total. The molecule has 1 heterocycles. The number of carboxylic acids is 1. The molecular formula is C7H8N2O2. The number of anilines is 1. The second-order valence-corrected chi connectivity index (χ2v) is 1.98. The number of pyridine rings is 1. The van der Waals surface area contributed by atoms with E-state index in [4.69, 9.17) is 5.11 Å². The molecule has 0 spiro atoms. The van der Waals surface area contributed by atoms with Gasteiger partial charge >= 0.3 is 5.97 Å². The Balaban J connectivity index is 3.01. The molecule has 0 unspecified atom stereocenters. The second-order valence-electron chi connectivity index (χ2n) is 1.98. The van der Waals surface area contributed by atoms with Crippen LogP contribution in [0.4, 0.5) is 5.82 Å². The fourth-order valence-electron chi connectivity index (χ4n) is 0.700. The molecule has 1 aromatic heterocycles. The number of hydrogen-bond donors (Lipinski definition) is 2. The summed E-state index contributed by atoms with van der Waals surface area (Å²) in [7, 11) is 1.69. The molecule has 11 heavy (non-hydrogen) atoms. The second kappa shape index (κ2) is 3.01. The van der Waals surface area contributed by atoms with Gasteiger partial charge in [0.1, 0.15) is 5.82 Å². The van der Waals surface area contributed by atoms with Gasteiger partial charge in [-0.2, -0.15) is 0 Å². The van der Waals surface area contributed by atoms with E-state index in [1.165, 1.54) is 18.3 Å². The zero-order valence-corrected chi connectivity index (χ0v) is 6.03. The molecule has 1 aromatic rings. The summed E-state index contributed by atoms with van der Waals surface area (Å²) < 4.78 is 0. The van der Waals surface area contributed by atoms with Gasteiger partial charge in [-0.05, 0) is 12.1 Å². The fraction of sp³-hybridized carbons (Fsp3) is 0.143. The van der Waals surface area contributed by atoms with Crippen molar-refractivity contribution in [3.8, 4) is 0 Å². The summed E-state index contributed by atoms with van der Waals surface area (Å²) in [5.74, 6) is -0.381. The lowest BCUT2D eigenvalue weighted by Gasteiger charge is -1.98. The van der Waals surface area contributed by atoms with E-state index in [1.54, 1.807) is 7.05 Å². The third kappa shape index (κ3) is 1.67. The summed E-state index contributed by atoms with van der Waals surface area (Å²) in [5, 5.41) is 11.3. The first kappa shape index (κ1) is 7.53. The molecule has 0 radical (unpaired) electrons. The van der Waals surface area contributed by atoms with Crippen LogP contribution in [0.1, 0.15) is 10.4 Å². The van der Waals surface area contributed by atoms with Gasteiger partial charge in [-0.15, -0.1) is 0 Å². The Morgan fingerprint density at radius 1 is 1.73 bits per heavy atom. The van der Waals surface area contributed by atoms with Crippen molar-refractivity contribution in [1.82, 2.24) is 4.98 Å². The Hall–Kier alpha value is -1.58. The Labute approximate surface area is 63.9 Å². The van der Waals surface area contributed by atoms with Gasteiger partial charge in [-0.25, -0.2) is 9.78 Å². The highest BCUT2D eigenvalue weighted by atomic mass is 16.4. The van der Waals surface area contributed by atoms with Gasteiger partial charge in [0, 0.05) is 13.2 Å². The van der Waals surface area contributed by atoms with Crippen LogP contribution >= 0.6 is 0 Å². The van der Waals surface area contributed by atoms with E-state index >= 15 is 0 Å². The van der Waals surface area contributed by atoms with Gasteiger partial charge in [0.05, 0.1) is 5.56 Å². The highest BCUT2D eigenvalue weighted by Gasteiger charge is 2.01. The van der Waals surface area contributed by atoms with Gasteiger partial charge in [0.15, 0.2) is 0 Å². The summed E-state index contributed by atoms with van der Waals surface area (Å²) in [5.41, 5.74) is 0.240. The highest BCUT2D eigenvalue weighted by molar-refractivity contribution is 5.88. The number of aromatic carboxylic acids is 1. The Kier molecular flexibility index (Phi) is 2.06. The number of carbonyl (C=O) groups is 1. The molecule has 4 heteroatoms. The lowest BCUT2D eigenvalue weighted by Crippen LogP contribution is -1.99. The number of nitrogens with zero attached hydrogens (tertiary/aromatic N) is 1. The van der Waals surface area contributed by atoms with Gasteiger partial charge in [0.2, 0.25) is 0 Å². The minimum absolute atomic E-state index is 0.240. The maximum absolute atomic E-state index is 10.4. The van der Waals surface area contributed by atoms with Crippen molar-refractivity contribution >= 4 is 11.8 Å². The van der Waals surface area contributed by atoms with Crippen LogP contribution in [0.15, 0.2) is 18.3 Å². The van der Waals surface area contributed by atoms with Crippen LogP contribution in [0.25, 0.3) is 0 Å². The van der Waals surface area contributed by atoms with Crippen LogP contribution in [0.2, 0.25) is 0 Å². The number of aromatic nitrogens is 1. The summed E-state index contributed by atoms with van der Waals surface area (Å²) >= 11 is 0. The van der Waals surface area contributed by atoms with Gasteiger partial charge in [-0.1, -0.05) is 0 Å². The monoisotopic (exact) mass is 152 g/mol. The third-order valence-electron chi connectivity index (χ3n) is 1.26. The smallest absolute Gasteiger partial charge is 0.335 e. The lowest BCUT2D eigenvalue weighted by atomic mass is 10.3. The normalized spacial score (nSPS) is 9.18. The van der Waals surface area contributed by atoms with Crippen LogP contribution in [-0.2, 0) is 0 Å². The minimum Gasteiger partial charge on any atom is -0.478 e. The maximum atomic E-state index is 10.4. The van der Waals surface area contributed by atoms with E-state index in [2.05, 4.69) is 10.3 Å². The molecule has 0 aliphatic rings. The lowest BCUT2D eigenvalue weighted by molar-refractivity contribution is 0.0697. The molecule has 58 valence electrons. The van der Waals surface area contributed by atoms with E-state index in [0.29, 0.717) is 5.82 Å². The van der Waals surface area contributed by atoms with Gasteiger partial charge in [0.25, 0.3) is 0 Å². The molecule has 4 nitrogen and oxygen atoms in total. The fourth-order valence-corrected chi connectivity index (χ4v) is 0.700. The van der Waals surface area contributed by atoms with Crippen molar-refractivity contribution in [3.63, 3.8) is 0 Å². The number of carboxylic acid groups (broad SMARTS) is 1. The summed E-state index contributed by atoms with van der Waals surface area (Å²) in [6, 6.07) is 2.92. The van der Waals surface area contributed by atoms with E-state index in [0.717, 1.165) is 0 Å². The first-order valence-electron chi connectivity index (χ1n) is 3.11. The first-order chi connectivity index (χ1) is 5.24. The molecule has 1 rings (SSSR count). The molecule has 0 saturated carbocycles. The van der Waals surface area contributed by atoms with E-state index in [9.17, 15) is 4.79 Å². The maximum Gasteiger partial charge on any atom is 0.335 e. The van der Waals surface area contributed by atoms with Crippen molar-refractivity contribution in [1.29, 1.82) is 0 Å². The molecule has 0 bridgehead atoms. The Morgan fingerprint density at radius 2 is 2.45 bits per heavy atom. The summed E-state index contributed by atoms with van der Waals surface area (Å²) in [6.45, 7) is 0. The number of nitrogens with one attached hydrogen (secondary N) is 1. The quantitative estimate of drug-likeness (QED) is 0.658. The molecule has 0 aromatic carbocycles. The van der Waals surface area contributed by atoms with Crippen LogP contribution < -0.4 is 5.32 Å².